The van der Waals surface area contributed by atoms with E-state index in [-0.39, 0.29) is 36.0 Å². The van der Waals surface area contributed by atoms with E-state index in [1.165, 1.54) is 0 Å². The van der Waals surface area contributed by atoms with Gasteiger partial charge in [-0.3, -0.25) is 4.79 Å². The molecule has 146 valence electrons. The van der Waals surface area contributed by atoms with Crippen LogP contribution in [0.3, 0.4) is 0 Å². The van der Waals surface area contributed by atoms with Gasteiger partial charge in [-0.25, -0.2) is 12.7 Å². The number of carbonyl (C=O) groups excluding carboxylic acids is 1. The lowest BCUT2D eigenvalue weighted by Gasteiger charge is -2.33. The van der Waals surface area contributed by atoms with Crippen LogP contribution in [0.2, 0.25) is 0 Å². The van der Waals surface area contributed by atoms with Crippen molar-refractivity contribution in [3.8, 4) is 0 Å². The molecule has 2 saturated heterocycles. The van der Waals surface area contributed by atoms with Gasteiger partial charge in [-0.2, -0.15) is 0 Å². The lowest BCUT2D eigenvalue weighted by Crippen LogP contribution is -2.49. The second-order valence-electron chi connectivity index (χ2n) is 6.97. The van der Waals surface area contributed by atoms with Crippen molar-refractivity contribution in [1.29, 1.82) is 0 Å². The van der Waals surface area contributed by atoms with Gasteiger partial charge in [-0.15, -0.1) is 12.4 Å². The van der Waals surface area contributed by atoms with Gasteiger partial charge in [-0.1, -0.05) is 30.3 Å². The first-order valence-electron chi connectivity index (χ1n) is 9.07. The number of carbonyl (C=O) groups is 1. The molecule has 1 aromatic rings. The van der Waals surface area contributed by atoms with Crippen molar-refractivity contribution in [2.24, 2.45) is 5.92 Å². The van der Waals surface area contributed by atoms with E-state index in [1.54, 1.807) is 4.31 Å². The zero-order valence-electron chi connectivity index (χ0n) is 14.9. The summed E-state index contributed by atoms with van der Waals surface area (Å²) >= 11 is 0. The van der Waals surface area contributed by atoms with Crippen LogP contribution in [-0.2, 0) is 20.6 Å². The lowest BCUT2D eigenvalue weighted by atomic mass is 9.97. The van der Waals surface area contributed by atoms with Crippen molar-refractivity contribution in [3.63, 3.8) is 0 Å². The molecule has 1 amide bonds. The first-order valence-corrected chi connectivity index (χ1v) is 10.7. The minimum Gasteiger partial charge on any atom is -0.353 e. The summed E-state index contributed by atoms with van der Waals surface area (Å²) in [5, 5.41) is 6.36. The number of nitrogens with zero attached hydrogens (tertiary/aromatic N) is 1. The Hall–Kier alpha value is -1.15. The molecule has 2 N–H and O–H groups in total. The van der Waals surface area contributed by atoms with Crippen molar-refractivity contribution < 1.29 is 13.2 Å². The molecule has 0 aromatic heterocycles. The minimum atomic E-state index is -3.30. The van der Waals surface area contributed by atoms with Crippen LogP contribution in [0.1, 0.15) is 31.2 Å². The normalized spacial score (nSPS) is 22.4. The summed E-state index contributed by atoms with van der Waals surface area (Å²) in [6, 6.07) is 9.34. The van der Waals surface area contributed by atoms with Gasteiger partial charge in [0.2, 0.25) is 15.9 Å². The maximum Gasteiger partial charge on any atom is 0.224 e. The minimum absolute atomic E-state index is 0. The summed E-state index contributed by atoms with van der Waals surface area (Å²) in [6.07, 6.45) is 3.33. The molecule has 2 heterocycles. The van der Waals surface area contributed by atoms with E-state index in [0.717, 1.165) is 31.5 Å². The fraction of sp³-hybridized carbons (Fsp3) is 0.611. The zero-order chi connectivity index (χ0) is 17.7. The van der Waals surface area contributed by atoms with Crippen LogP contribution in [0.5, 0.6) is 0 Å². The van der Waals surface area contributed by atoms with Crippen LogP contribution < -0.4 is 10.6 Å². The van der Waals surface area contributed by atoms with Crippen LogP contribution in [0, 0.1) is 5.92 Å². The summed E-state index contributed by atoms with van der Waals surface area (Å²) < 4.78 is 26.7. The molecule has 0 bridgehead atoms. The highest BCUT2D eigenvalue weighted by molar-refractivity contribution is 7.88. The van der Waals surface area contributed by atoms with Gasteiger partial charge < -0.3 is 10.6 Å². The van der Waals surface area contributed by atoms with Crippen molar-refractivity contribution >= 4 is 28.3 Å². The largest absolute Gasteiger partial charge is 0.353 e. The number of piperidine rings is 2. The summed E-state index contributed by atoms with van der Waals surface area (Å²) in [5.74, 6) is 0.199. The Kier molecular flexibility index (Phi) is 7.88. The Balaban J connectivity index is 0.00000243. The molecule has 1 atom stereocenters. The van der Waals surface area contributed by atoms with Gasteiger partial charge in [0, 0.05) is 25.7 Å². The monoisotopic (exact) mass is 401 g/mol. The van der Waals surface area contributed by atoms with Crippen LogP contribution >= 0.6 is 12.4 Å². The summed E-state index contributed by atoms with van der Waals surface area (Å²) in [7, 11) is -3.30. The predicted octanol–water partition coefficient (Wildman–Crippen LogP) is 1.52. The number of sulfonamides is 1. The number of rotatable bonds is 5. The van der Waals surface area contributed by atoms with Crippen molar-refractivity contribution in [1.82, 2.24) is 14.9 Å². The van der Waals surface area contributed by atoms with Gasteiger partial charge in [0.25, 0.3) is 0 Å². The fourth-order valence-corrected chi connectivity index (χ4v) is 5.11. The highest BCUT2D eigenvalue weighted by Gasteiger charge is 2.30. The van der Waals surface area contributed by atoms with E-state index in [4.69, 9.17) is 0 Å². The van der Waals surface area contributed by atoms with Gasteiger partial charge in [0.05, 0.1) is 11.7 Å². The zero-order valence-corrected chi connectivity index (χ0v) is 16.5. The highest BCUT2D eigenvalue weighted by atomic mass is 35.5. The van der Waals surface area contributed by atoms with Crippen LogP contribution in [-0.4, -0.2) is 50.9 Å². The van der Waals surface area contributed by atoms with Gasteiger partial charge >= 0.3 is 0 Å². The molecule has 2 fully saturated rings. The molecule has 6 nitrogen and oxygen atoms in total. The molecule has 2 aliphatic rings. The highest BCUT2D eigenvalue weighted by Crippen LogP contribution is 2.19. The average Bonchev–Trinajstić information content (AvgIpc) is 2.63. The summed E-state index contributed by atoms with van der Waals surface area (Å²) in [6.45, 7) is 2.68. The summed E-state index contributed by atoms with van der Waals surface area (Å²) in [5.41, 5.74) is 0.808. The molecule has 0 spiro atoms. The third kappa shape index (κ3) is 5.67. The smallest absolute Gasteiger partial charge is 0.224 e. The third-order valence-electron chi connectivity index (χ3n) is 5.05. The molecule has 26 heavy (non-hydrogen) atoms. The number of benzene rings is 1. The number of hydrogen-bond acceptors (Lipinski definition) is 4. The second-order valence-corrected chi connectivity index (χ2v) is 8.94. The Morgan fingerprint density at radius 3 is 2.46 bits per heavy atom. The third-order valence-corrected chi connectivity index (χ3v) is 6.90. The van der Waals surface area contributed by atoms with Crippen LogP contribution in [0.4, 0.5) is 0 Å². The topological polar surface area (TPSA) is 78.5 Å². The van der Waals surface area contributed by atoms with E-state index in [0.29, 0.717) is 25.9 Å². The quantitative estimate of drug-likeness (QED) is 0.784. The first-order chi connectivity index (χ1) is 12.0. The number of halogens is 1. The molecular weight excluding hydrogens is 374 g/mol. The molecule has 3 rings (SSSR count). The molecule has 0 saturated carbocycles. The van der Waals surface area contributed by atoms with Gasteiger partial charge in [0.15, 0.2) is 0 Å². The van der Waals surface area contributed by atoms with E-state index in [1.807, 2.05) is 30.3 Å². The van der Waals surface area contributed by atoms with Gasteiger partial charge in [-0.05, 0) is 37.8 Å². The lowest BCUT2D eigenvalue weighted by molar-refractivity contribution is -0.126. The van der Waals surface area contributed by atoms with Crippen molar-refractivity contribution in [2.45, 2.75) is 37.5 Å². The average molecular weight is 402 g/mol. The Morgan fingerprint density at radius 2 is 1.85 bits per heavy atom. The Morgan fingerprint density at radius 1 is 1.15 bits per heavy atom. The van der Waals surface area contributed by atoms with E-state index >= 15 is 0 Å². The molecule has 2 aliphatic heterocycles. The maximum absolute atomic E-state index is 12.6. The van der Waals surface area contributed by atoms with E-state index in [2.05, 4.69) is 10.6 Å². The molecule has 0 radical (unpaired) electrons. The molecule has 1 unspecified atom stereocenters. The van der Waals surface area contributed by atoms with E-state index < -0.39 is 10.0 Å². The fourth-order valence-electron chi connectivity index (χ4n) is 3.55. The Labute approximate surface area is 162 Å². The maximum atomic E-state index is 12.6. The number of hydrogen-bond donors (Lipinski definition) is 2. The van der Waals surface area contributed by atoms with Crippen molar-refractivity contribution in [2.75, 3.05) is 26.2 Å². The van der Waals surface area contributed by atoms with Crippen LogP contribution in [0.25, 0.3) is 0 Å². The predicted molar refractivity (Wildman–Crippen MR) is 105 cm³/mol. The molecular formula is C18H28ClN3O3S. The Bertz CT molecular complexity index is 670. The number of nitrogens with one attached hydrogen (secondary N) is 2. The standard InChI is InChI=1S/C18H27N3O3S.ClH/c22-18(16-7-4-10-19-13-16)20-17-8-11-21(12-9-17)25(23,24)14-15-5-2-1-3-6-15;/h1-3,5-6,16-17,19H,4,7-14H2,(H,20,22);1H. The van der Waals surface area contributed by atoms with Crippen LogP contribution in [0.15, 0.2) is 30.3 Å². The van der Waals surface area contributed by atoms with Gasteiger partial charge in [0.1, 0.15) is 0 Å². The molecule has 0 aliphatic carbocycles. The summed E-state index contributed by atoms with van der Waals surface area (Å²) in [4.78, 5) is 12.3. The molecule has 8 heteroatoms. The molecule has 1 aromatic carbocycles. The first kappa shape index (κ1) is 21.2. The SMILES string of the molecule is Cl.O=C(NC1CCN(S(=O)(=O)Cc2ccccc2)CC1)C1CCCNC1. The van der Waals surface area contributed by atoms with E-state index in [9.17, 15) is 13.2 Å². The number of amides is 1. The second kappa shape index (κ2) is 9.69. The van der Waals surface area contributed by atoms with Crippen molar-refractivity contribution in [3.05, 3.63) is 35.9 Å².